The van der Waals surface area contributed by atoms with Gasteiger partial charge in [-0.2, -0.15) is 11.8 Å². The largest absolute Gasteiger partial charge is 0.478 e. The number of carboxylic acids is 1. The van der Waals surface area contributed by atoms with Gasteiger partial charge in [-0.1, -0.05) is 6.92 Å². The summed E-state index contributed by atoms with van der Waals surface area (Å²) in [5, 5.41) is 9.52. The lowest BCUT2D eigenvalue weighted by molar-refractivity contribution is 0.0673. The number of aromatic nitrogens is 1. The predicted octanol–water partition coefficient (Wildman–Crippen LogP) is 1.75. The number of amides is 1. The van der Waals surface area contributed by atoms with Crippen molar-refractivity contribution in [3.63, 3.8) is 0 Å². The van der Waals surface area contributed by atoms with Gasteiger partial charge in [0.15, 0.2) is 0 Å². The fourth-order valence-corrected chi connectivity index (χ4v) is 3.23. The maximum absolute atomic E-state index is 12.4. The molecule has 1 atom stereocenters. The van der Waals surface area contributed by atoms with Crippen molar-refractivity contribution in [2.24, 2.45) is 0 Å². The number of rotatable bonds is 3. The molecule has 19 heavy (non-hydrogen) atoms. The van der Waals surface area contributed by atoms with Gasteiger partial charge in [-0.15, -0.1) is 0 Å². The van der Waals surface area contributed by atoms with Crippen LogP contribution in [0.3, 0.4) is 0 Å². The first-order valence-electron chi connectivity index (χ1n) is 6.22. The Hall–Kier alpha value is -1.56. The maximum Gasteiger partial charge on any atom is 0.338 e. The van der Waals surface area contributed by atoms with Gasteiger partial charge in [0.2, 0.25) is 0 Å². The van der Waals surface area contributed by atoms with Crippen molar-refractivity contribution in [1.29, 1.82) is 0 Å². The van der Waals surface area contributed by atoms with Crippen LogP contribution in [-0.2, 0) is 0 Å². The number of thioether (sulfide) groups is 1. The third-order valence-electron chi connectivity index (χ3n) is 3.12. The molecule has 0 spiro atoms. The molecule has 1 aliphatic rings. The number of pyridine rings is 1. The Morgan fingerprint density at radius 3 is 3.05 bits per heavy atom. The lowest BCUT2D eigenvalue weighted by atomic mass is 10.1. The van der Waals surface area contributed by atoms with E-state index >= 15 is 0 Å². The molecule has 0 aliphatic carbocycles. The van der Waals surface area contributed by atoms with Crippen molar-refractivity contribution in [2.45, 2.75) is 18.6 Å². The van der Waals surface area contributed by atoms with Crippen LogP contribution >= 0.6 is 11.8 Å². The van der Waals surface area contributed by atoms with Crippen LogP contribution in [0.1, 0.15) is 34.2 Å². The average Bonchev–Trinajstić information content (AvgIpc) is 2.46. The number of carbonyl (C=O) groups excluding carboxylic acids is 1. The van der Waals surface area contributed by atoms with Crippen molar-refractivity contribution in [1.82, 2.24) is 9.88 Å². The molecule has 0 radical (unpaired) electrons. The topological polar surface area (TPSA) is 70.5 Å². The molecule has 0 bridgehead atoms. The van der Waals surface area contributed by atoms with E-state index in [0.29, 0.717) is 18.3 Å². The van der Waals surface area contributed by atoms with Gasteiger partial charge in [-0.25, -0.2) is 4.79 Å². The molecule has 1 aromatic heterocycles. The summed E-state index contributed by atoms with van der Waals surface area (Å²) < 4.78 is 0. The van der Waals surface area contributed by atoms with E-state index in [-0.39, 0.29) is 17.2 Å². The molecule has 102 valence electrons. The van der Waals surface area contributed by atoms with Crippen LogP contribution in [0.5, 0.6) is 0 Å². The third-order valence-corrected chi connectivity index (χ3v) is 4.49. The summed E-state index contributed by atoms with van der Waals surface area (Å²) >= 11 is 1.86. The zero-order valence-electron chi connectivity index (χ0n) is 10.7. The van der Waals surface area contributed by atoms with Crippen molar-refractivity contribution in [3.8, 4) is 0 Å². The van der Waals surface area contributed by atoms with Crippen molar-refractivity contribution < 1.29 is 14.7 Å². The maximum atomic E-state index is 12.4. The zero-order chi connectivity index (χ0) is 13.8. The van der Waals surface area contributed by atoms with Gasteiger partial charge in [0.1, 0.15) is 5.69 Å². The van der Waals surface area contributed by atoms with Crippen molar-refractivity contribution in [2.75, 3.05) is 18.8 Å². The Labute approximate surface area is 116 Å². The van der Waals surface area contributed by atoms with Gasteiger partial charge in [-0.05, 0) is 18.6 Å². The Bertz CT molecular complexity index is 493. The van der Waals surface area contributed by atoms with Crippen LogP contribution in [0.2, 0.25) is 0 Å². The van der Waals surface area contributed by atoms with Gasteiger partial charge in [0.25, 0.3) is 5.91 Å². The second kappa shape index (κ2) is 6.06. The van der Waals surface area contributed by atoms with Crippen LogP contribution in [-0.4, -0.2) is 51.0 Å². The van der Waals surface area contributed by atoms with E-state index in [1.807, 2.05) is 11.8 Å². The molecule has 1 saturated heterocycles. The molecule has 1 N–H and O–H groups in total. The highest BCUT2D eigenvalue weighted by molar-refractivity contribution is 8.00. The molecular formula is C13H16N2O3S. The highest BCUT2D eigenvalue weighted by atomic mass is 32.2. The predicted molar refractivity (Wildman–Crippen MR) is 73.6 cm³/mol. The number of hydrogen-bond acceptors (Lipinski definition) is 4. The van der Waals surface area contributed by atoms with Crippen molar-refractivity contribution in [3.05, 3.63) is 29.6 Å². The molecule has 1 unspecified atom stereocenters. The summed E-state index contributed by atoms with van der Waals surface area (Å²) in [5.41, 5.74) is 0.00975. The minimum absolute atomic E-state index is 0.0289. The van der Waals surface area contributed by atoms with Crippen LogP contribution in [0.15, 0.2) is 18.3 Å². The molecule has 0 saturated carbocycles. The number of aromatic carboxylic acids is 1. The average molecular weight is 280 g/mol. The molecule has 1 amide bonds. The summed E-state index contributed by atoms with van der Waals surface area (Å²) in [6, 6.07) is 2.94. The molecule has 2 heterocycles. The Kier molecular flexibility index (Phi) is 4.42. The summed E-state index contributed by atoms with van der Waals surface area (Å²) in [4.78, 5) is 29.1. The van der Waals surface area contributed by atoms with E-state index in [9.17, 15) is 9.59 Å². The lowest BCUT2D eigenvalue weighted by Gasteiger charge is -2.31. The number of hydrogen-bond donors (Lipinski definition) is 1. The summed E-state index contributed by atoms with van der Waals surface area (Å²) in [6.45, 7) is 3.40. The molecular weight excluding hydrogens is 264 g/mol. The molecule has 2 rings (SSSR count). The van der Waals surface area contributed by atoms with Crippen molar-refractivity contribution >= 4 is 23.6 Å². The van der Waals surface area contributed by atoms with E-state index in [1.54, 1.807) is 4.90 Å². The Balaban J connectivity index is 2.22. The molecule has 1 fully saturated rings. The quantitative estimate of drug-likeness (QED) is 0.913. The van der Waals surface area contributed by atoms with Crippen LogP contribution in [0, 0.1) is 0 Å². The highest BCUT2D eigenvalue weighted by Gasteiger charge is 2.27. The van der Waals surface area contributed by atoms with Gasteiger partial charge in [-0.3, -0.25) is 9.78 Å². The zero-order valence-corrected chi connectivity index (χ0v) is 11.5. The summed E-state index contributed by atoms with van der Waals surface area (Å²) in [6.07, 6.45) is 2.46. The fraction of sp³-hybridized carbons (Fsp3) is 0.462. The SMILES string of the molecule is CCC1CN(C(=O)c2ncccc2C(=O)O)CCS1. The van der Waals surface area contributed by atoms with E-state index in [2.05, 4.69) is 11.9 Å². The minimum Gasteiger partial charge on any atom is -0.478 e. The minimum atomic E-state index is -1.12. The van der Waals surface area contributed by atoms with Gasteiger partial charge in [0.05, 0.1) is 5.56 Å². The number of carboxylic acid groups (broad SMARTS) is 1. The highest BCUT2D eigenvalue weighted by Crippen LogP contribution is 2.22. The monoisotopic (exact) mass is 280 g/mol. The molecule has 1 aromatic rings. The Morgan fingerprint density at radius 2 is 2.37 bits per heavy atom. The first-order valence-corrected chi connectivity index (χ1v) is 7.27. The Morgan fingerprint density at radius 1 is 1.58 bits per heavy atom. The fourth-order valence-electron chi connectivity index (χ4n) is 2.05. The number of carbonyl (C=O) groups is 2. The lowest BCUT2D eigenvalue weighted by Crippen LogP contribution is -2.42. The van der Waals surface area contributed by atoms with Crippen LogP contribution in [0.25, 0.3) is 0 Å². The van der Waals surface area contributed by atoms with Crippen LogP contribution < -0.4 is 0 Å². The first-order chi connectivity index (χ1) is 9.13. The second-order valence-electron chi connectivity index (χ2n) is 4.36. The van der Waals surface area contributed by atoms with E-state index in [4.69, 9.17) is 5.11 Å². The van der Waals surface area contributed by atoms with E-state index < -0.39 is 5.97 Å². The van der Waals surface area contributed by atoms with E-state index in [1.165, 1.54) is 18.3 Å². The van der Waals surface area contributed by atoms with Gasteiger partial charge >= 0.3 is 5.97 Å². The second-order valence-corrected chi connectivity index (χ2v) is 5.77. The standard InChI is InChI=1S/C13H16N2O3S/c1-2-9-8-15(6-7-19-9)12(16)11-10(13(17)18)4-3-5-14-11/h3-5,9H,2,6-8H2,1H3,(H,17,18). The van der Waals surface area contributed by atoms with E-state index in [0.717, 1.165) is 12.2 Å². The molecule has 1 aliphatic heterocycles. The molecule has 0 aromatic carbocycles. The van der Waals surface area contributed by atoms with Gasteiger partial charge < -0.3 is 10.0 Å². The summed E-state index contributed by atoms with van der Waals surface area (Å²) in [7, 11) is 0. The molecule has 5 nitrogen and oxygen atoms in total. The normalized spacial score (nSPS) is 19.2. The smallest absolute Gasteiger partial charge is 0.338 e. The number of nitrogens with zero attached hydrogens (tertiary/aromatic N) is 2. The first kappa shape index (κ1) is 13.9. The molecule has 6 heteroatoms. The van der Waals surface area contributed by atoms with Gasteiger partial charge in [0, 0.05) is 30.3 Å². The van der Waals surface area contributed by atoms with Crippen LogP contribution in [0.4, 0.5) is 0 Å². The summed E-state index contributed by atoms with van der Waals surface area (Å²) in [5.74, 6) is -0.508. The third kappa shape index (κ3) is 3.07.